The molecule has 2 aromatic carbocycles. The molecule has 0 bridgehead atoms. The number of nitrogens with zero attached hydrogens (tertiary/aromatic N) is 1. The average Bonchev–Trinajstić information content (AvgIpc) is 2.69. The summed E-state index contributed by atoms with van der Waals surface area (Å²) in [5.41, 5.74) is 2.26. The Morgan fingerprint density at radius 3 is 2.64 bits per heavy atom. The first-order chi connectivity index (χ1) is 13.5. The molecule has 2 aromatic rings. The maximum atomic E-state index is 13.1. The summed E-state index contributed by atoms with van der Waals surface area (Å²) in [6, 6.07) is 14.4. The van der Waals surface area contributed by atoms with E-state index in [4.69, 9.17) is 4.74 Å². The van der Waals surface area contributed by atoms with Crippen LogP contribution in [0.5, 0.6) is 5.75 Å². The van der Waals surface area contributed by atoms with Crippen LogP contribution in [0.1, 0.15) is 30.9 Å². The van der Waals surface area contributed by atoms with Crippen molar-refractivity contribution in [1.29, 1.82) is 0 Å². The summed E-state index contributed by atoms with van der Waals surface area (Å²) >= 11 is 0. The third kappa shape index (κ3) is 6.06. The van der Waals surface area contributed by atoms with E-state index in [0.717, 1.165) is 43.8 Å². The van der Waals surface area contributed by atoms with Gasteiger partial charge >= 0.3 is 0 Å². The largest absolute Gasteiger partial charge is 0.491 e. The maximum Gasteiger partial charge on any atom is 0.224 e. The van der Waals surface area contributed by atoms with E-state index in [-0.39, 0.29) is 23.7 Å². The van der Waals surface area contributed by atoms with Crippen LogP contribution in [0, 0.1) is 18.7 Å². The first-order valence-electron chi connectivity index (χ1n) is 9.96. The average molecular weight is 384 g/mol. The zero-order valence-corrected chi connectivity index (χ0v) is 16.7. The molecule has 4 nitrogen and oxygen atoms in total. The molecule has 0 spiro atoms. The van der Waals surface area contributed by atoms with Gasteiger partial charge in [-0.3, -0.25) is 9.69 Å². The van der Waals surface area contributed by atoms with Crippen LogP contribution in [-0.2, 0) is 11.3 Å². The molecule has 1 amide bonds. The summed E-state index contributed by atoms with van der Waals surface area (Å²) in [6.45, 7) is 6.89. The molecule has 0 aliphatic carbocycles. The van der Waals surface area contributed by atoms with Crippen LogP contribution in [0.15, 0.2) is 48.5 Å². The lowest BCUT2D eigenvalue weighted by Gasteiger charge is -2.32. The number of benzene rings is 2. The number of aryl methyl sites for hydroxylation is 1. The van der Waals surface area contributed by atoms with Crippen molar-refractivity contribution < 1.29 is 13.9 Å². The molecule has 2 atom stereocenters. The molecule has 0 radical (unpaired) electrons. The van der Waals surface area contributed by atoms with Gasteiger partial charge in [-0.1, -0.05) is 29.8 Å². The summed E-state index contributed by atoms with van der Waals surface area (Å²) in [6.07, 6.45) is 1.89. The molecular formula is C23H29FN2O2. The van der Waals surface area contributed by atoms with Crippen molar-refractivity contribution in [2.24, 2.45) is 5.92 Å². The summed E-state index contributed by atoms with van der Waals surface area (Å²) in [5.74, 6) is 0.663. The number of nitrogens with one attached hydrogen (secondary N) is 1. The highest BCUT2D eigenvalue weighted by atomic mass is 19.1. The first kappa shape index (κ1) is 20.3. The molecule has 28 heavy (non-hydrogen) atoms. The molecule has 1 saturated heterocycles. The highest BCUT2D eigenvalue weighted by Gasteiger charge is 2.26. The number of carbonyl (C=O) groups excluding carboxylic acids is 1. The predicted octanol–water partition coefficient (Wildman–Crippen LogP) is 3.93. The molecule has 1 fully saturated rings. The fourth-order valence-electron chi connectivity index (χ4n) is 3.52. The zero-order chi connectivity index (χ0) is 19.9. The SMILES string of the molecule is Cc1ccc(OC[C@H](C)NC(=O)[C@@H]2CCCN(Cc3ccc(F)cc3)C2)cc1. The molecule has 3 rings (SSSR count). The fraction of sp³-hybridized carbons (Fsp3) is 0.435. The van der Waals surface area contributed by atoms with Crippen LogP contribution in [0.2, 0.25) is 0 Å². The fourth-order valence-corrected chi connectivity index (χ4v) is 3.52. The second-order valence-electron chi connectivity index (χ2n) is 7.73. The van der Waals surface area contributed by atoms with Crippen LogP contribution in [0.3, 0.4) is 0 Å². The third-order valence-electron chi connectivity index (χ3n) is 5.11. The Labute approximate surface area is 166 Å². The Balaban J connectivity index is 1.45. The van der Waals surface area contributed by atoms with Crippen molar-refractivity contribution >= 4 is 5.91 Å². The van der Waals surface area contributed by atoms with Gasteiger partial charge in [-0.2, -0.15) is 0 Å². The number of carbonyl (C=O) groups is 1. The minimum atomic E-state index is -0.221. The standard InChI is InChI=1S/C23H29FN2O2/c1-17-5-11-22(12-6-17)28-16-18(2)25-23(27)20-4-3-13-26(15-20)14-19-7-9-21(24)10-8-19/h5-12,18,20H,3-4,13-16H2,1-2H3,(H,25,27)/t18-,20+/m0/s1. The van der Waals surface area contributed by atoms with E-state index < -0.39 is 0 Å². The molecule has 5 heteroatoms. The monoisotopic (exact) mass is 384 g/mol. The van der Waals surface area contributed by atoms with Gasteiger partial charge in [-0.15, -0.1) is 0 Å². The van der Waals surface area contributed by atoms with Gasteiger partial charge < -0.3 is 10.1 Å². The van der Waals surface area contributed by atoms with E-state index in [1.807, 2.05) is 50.2 Å². The van der Waals surface area contributed by atoms with Gasteiger partial charge in [0.2, 0.25) is 5.91 Å². The van der Waals surface area contributed by atoms with Crippen LogP contribution in [0.4, 0.5) is 4.39 Å². The van der Waals surface area contributed by atoms with Crippen LogP contribution < -0.4 is 10.1 Å². The van der Waals surface area contributed by atoms with Gasteiger partial charge in [0.15, 0.2) is 0 Å². The molecule has 150 valence electrons. The van der Waals surface area contributed by atoms with Crippen molar-refractivity contribution in [2.45, 2.75) is 39.3 Å². The van der Waals surface area contributed by atoms with E-state index in [2.05, 4.69) is 10.2 Å². The van der Waals surface area contributed by atoms with E-state index in [1.165, 1.54) is 17.7 Å². The van der Waals surface area contributed by atoms with Gasteiger partial charge in [0.05, 0.1) is 12.0 Å². The number of halogens is 1. The van der Waals surface area contributed by atoms with E-state index in [0.29, 0.717) is 6.61 Å². The maximum absolute atomic E-state index is 13.1. The summed E-state index contributed by atoms with van der Waals surface area (Å²) in [7, 11) is 0. The van der Waals surface area contributed by atoms with E-state index >= 15 is 0 Å². The Morgan fingerprint density at radius 2 is 1.93 bits per heavy atom. The molecule has 1 aliphatic heterocycles. The predicted molar refractivity (Wildman–Crippen MR) is 109 cm³/mol. The van der Waals surface area contributed by atoms with Gasteiger partial charge in [0.1, 0.15) is 18.2 Å². The van der Waals surface area contributed by atoms with Crippen LogP contribution >= 0.6 is 0 Å². The summed E-state index contributed by atoms with van der Waals surface area (Å²) in [4.78, 5) is 14.9. The molecular weight excluding hydrogens is 355 g/mol. The Morgan fingerprint density at radius 1 is 1.21 bits per heavy atom. The number of likely N-dealkylation sites (tertiary alicyclic amines) is 1. The van der Waals surface area contributed by atoms with Gasteiger partial charge in [-0.25, -0.2) is 4.39 Å². The van der Waals surface area contributed by atoms with Gasteiger partial charge in [-0.05, 0) is 63.1 Å². The molecule has 1 heterocycles. The summed E-state index contributed by atoms with van der Waals surface area (Å²) in [5, 5.41) is 3.08. The number of piperidine rings is 1. The Kier molecular flexibility index (Phi) is 7.04. The normalized spacial score (nSPS) is 18.5. The second kappa shape index (κ2) is 9.69. The highest BCUT2D eigenvalue weighted by molar-refractivity contribution is 5.79. The van der Waals surface area contributed by atoms with Crippen molar-refractivity contribution in [3.8, 4) is 5.75 Å². The van der Waals surface area contributed by atoms with Crippen molar-refractivity contribution in [2.75, 3.05) is 19.7 Å². The topological polar surface area (TPSA) is 41.6 Å². The number of amides is 1. The smallest absolute Gasteiger partial charge is 0.224 e. The van der Waals surface area contributed by atoms with Gasteiger partial charge in [0, 0.05) is 13.1 Å². The molecule has 1 N–H and O–H groups in total. The van der Waals surface area contributed by atoms with Crippen LogP contribution in [0.25, 0.3) is 0 Å². The molecule has 0 unspecified atom stereocenters. The lowest BCUT2D eigenvalue weighted by molar-refractivity contribution is -0.127. The molecule has 0 aromatic heterocycles. The number of hydrogen-bond donors (Lipinski definition) is 1. The number of ether oxygens (including phenoxy) is 1. The van der Waals surface area contributed by atoms with Crippen molar-refractivity contribution in [1.82, 2.24) is 10.2 Å². The first-order valence-corrected chi connectivity index (χ1v) is 9.96. The van der Waals surface area contributed by atoms with E-state index in [1.54, 1.807) is 0 Å². The van der Waals surface area contributed by atoms with Crippen molar-refractivity contribution in [3.63, 3.8) is 0 Å². The minimum Gasteiger partial charge on any atom is -0.491 e. The Bertz CT molecular complexity index is 761. The van der Waals surface area contributed by atoms with Crippen molar-refractivity contribution in [3.05, 3.63) is 65.5 Å². The minimum absolute atomic E-state index is 0.0176. The Hall–Kier alpha value is -2.40. The van der Waals surface area contributed by atoms with E-state index in [9.17, 15) is 9.18 Å². The number of hydrogen-bond acceptors (Lipinski definition) is 3. The molecule has 0 saturated carbocycles. The second-order valence-corrected chi connectivity index (χ2v) is 7.73. The quantitative estimate of drug-likeness (QED) is 0.786. The lowest BCUT2D eigenvalue weighted by atomic mass is 9.96. The number of rotatable bonds is 7. The summed E-state index contributed by atoms with van der Waals surface area (Å²) < 4.78 is 18.8. The lowest BCUT2D eigenvalue weighted by Crippen LogP contribution is -2.46. The molecule has 1 aliphatic rings. The zero-order valence-electron chi connectivity index (χ0n) is 16.7. The van der Waals surface area contributed by atoms with Crippen LogP contribution in [-0.4, -0.2) is 36.5 Å². The van der Waals surface area contributed by atoms with Gasteiger partial charge in [0.25, 0.3) is 0 Å². The highest BCUT2D eigenvalue weighted by Crippen LogP contribution is 2.19. The third-order valence-corrected chi connectivity index (χ3v) is 5.11.